The molecule has 2 aliphatic rings. The summed E-state index contributed by atoms with van der Waals surface area (Å²) in [5.41, 5.74) is 4.86. The van der Waals surface area contributed by atoms with Crippen LogP contribution in [0.5, 0.6) is 5.75 Å². The predicted molar refractivity (Wildman–Crippen MR) is 105 cm³/mol. The quantitative estimate of drug-likeness (QED) is 0.796. The van der Waals surface area contributed by atoms with Gasteiger partial charge in [0.05, 0.1) is 0 Å². The molecule has 28 heavy (non-hydrogen) atoms. The van der Waals surface area contributed by atoms with Crippen molar-refractivity contribution in [1.29, 1.82) is 0 Å². The van der Waals surface area contributed by atoms with Gasteiger partial charge in [0.2, 0.25) is 11.7 Å². The van der Waals surface area contributed by atoms with E-state index in [1.807, 2.05) is 12.1 Å². The molecule has 2 aromatic rings. The largest absolute Gasteiger partial charge is 0.484 e. The second-order valence-corrected chi connectivity index (χ2v) is 8.54. The van der Waals surface area contributed by atoms with E-state index in [-0.39, 0.29) is 23.3 Å². The number of carbonyl (C=O) groups excluding carboxylic acids is 1. The molecule has 1 aromatic heterocycles. The van der Waals surface area contributed by atoms with E-state index in [0.717, 1.165) is 24.1 Å². The van der Waals surface area contributed by atoms with Crippen molar-refractivity contribution < 1.29 is 14.1 Å². The van der Waals surface area contributed by atoms with E-state index in [4.69, 9.17) is 9.26 Å². The smallest absolute Gasteiger partial charge is 0.277 e. The van der Waals surface area contributed by atoms with Gasteiger partial charge in [0.25, 0.3) is 5.91 Å². The summed E-state index contributed by atoms with van der Waals surface area (Å²) in [5.74, 6) is 1.94. The Hall–Kier alpha value is -2.70. The van der Waals surface area contributed by atoms with Crippen LogP contribution < -0.4 is 10.2 Å². The van der Waals surface area contributed by atoms with Gasteiger partial charge in [0.15, 0.2) is 6.61 Å². The van der Waals surface area contributed by atoms with Gasteiger partial charge in [-0.05, 0) is 42.7 Å². The molecular weight excluding hydrogens is 356 g/mol. The minimum absolute atomic E-state index is 0.0723. The Balaban J connectivity index is 1.36. The van der Waals surface area contributed by atoms with Gasteiger partial charge in [-0.2, -0.15) is 10.1 Å². The van der Waals surface area contributed by atoms with Crippen molar-refractivity contribution in [1.82, 2.24) is 15.6 Å². The molecule has 0 aliphatic heterocycles. The van der Waals surface area contributed by atoms with Crippen molar-refractivity contribution in [3.05, 3.63) is 30.2 Å². The Kier molecular flexibility index (Phi) is 4.48. The number of rotatable bonds is 5. The lowest BCUT2D eigenvalue weighted by molar-refractivity contribution is -0.123. The fourth-order valence-corrected chi connectivity index (χ4v) is 4.55. The third-order valence-corrected chi connectivity index (χ3v) is 6.82. The monoisotopic (exact) mass is 382 g/mol. The number of carbonyl (C=O) groups is 1. The number of benzene rings is 1. The number of nitrogens with one attached hydrogen (secondary N) is 1. The van der Waals surface area contributed by atoms with Crippen LogP contribution in [0.3, 0.4) is 0 Å². The second kappa shape index (κ2) is 6.72. The maximum absolute atomic E-state index is 12.2. The van der Waals surface area contributed by atoms with Crippen molar-refractivity contribution >= 4 is 11.6 Å². The highest BCUT2D eigenvalue weighted by molar-refractivity contribution is 5.95. The zero-order valence-electron chi connectivity index (χ0n) is 16.8. The SMILES string of the molecule is Cc1nc(-c2cccc(OCC(=O)NN=C3CC4CCC3(C)C4(C)C)c2)no1. The average molecular weight is 382 g/mol. The first-order chi connectivity index (χ1) is 13.3. The molecule has 0 radical (unpaired) electrons. The zero-order chi connectivity index (χ0) is 19.9. The summed E-state index contributed by atoms with van der Waals surface area (Å²) in [4.78, 5) is 16.4. The summed E-state index contributed by atoms with van der Waals surface area (Å²) in [6.07, 6.45) is 3.35. The molecule has 2 bridgehead atoms. The molecule has 2 aliphatic carbocycles. The van der Waals surface area contributed by atoms with E-state index < -0.39 is 0 Å². The third kappa shape index (κ3) is 3.08. The molecule has 148 valence electrons. The summed E-state index contributed by atoms with van der Waals surface area (Å²) in [7, 11) is 0. The number of hydrazone groups is 1. The number of aromatic nitrogens is 2. The predicted octanol–water partition coefficient (Wildman–Crippen LogP) is 3.74. The highest BCUT2D eigenvalue weighted by Gasteiger charge is 2.60. The molecule has 7 heteroatoms. The molecule has 1 N–H and O–H groups in total. The molecule has 2 atom stereocenters. The van der Waals surface area contributed by atoms with Crippen LogP contribution in [0.2, 0.25) is 0 Å². The zero-order valence-corrected chi connectivity index (χ0v) is 16.8. The maximum Gasteiger partial charge on any atom is 0.277 e. The highest BCUT2D eigenvalue weighted by Crippen LogP contribution is 2.63. The molecule has 7 nitrogen and oxygen atoms in total. The van der Waals surface area contributed by atoms with E-state index in [9.17, 15) is 4.79 Å². The number of ether oxygens (including phenoxy) is 1. The first-order valence-electron chi connectivity index (χ1n) is 9.69. The number of fused-ring (bicyclic) bond motifs is 2. The molecule has 4 rings (SSSR count). The minimum Gasteiger partial charge on any atom is -0.484 e. The fraction of sp³-hybridized carbons (Fsp3) is 0.524. The van der Waals surface area contributed by atoms with Gasteiger partial charge in [0, 0.05) is 23.6 Å². The normalized spacial score (nSPS) is 26.6. The molecule has 2 unspecified atom stereocenters. The summed E-state index contributed by atoms with van der Waals surface area (Å²) >= 11 is 0. The van der Waals surface area contributed by atoms with E-state index >= 15 is 0 Å². The Morgan fingerprint density at radius 1 is 1.39 bits per heavy atom. The lowest BCUT2D eigenvalue weighted by Crippen LogP contribution is -2.35. The van der Waals surface area contributed by atoms with E-state index in [1.165, 1.54) is 6.42 Å². The van der Waals surface area contributed by atoms with E-state index in [2.05, 4.69) is 41.4 Å². The lowest BCUT2D eigenvalue weighted by atomic mass is 9.70. The summed E-state index contributed by atoms with van der Waals surface area (Å²) < 4.78 is 10.6. The third-order valence-electron chi connectivity index (χ3n) is 6.82. The van der Waals surface area contributed by atoms with Crippen LogP contribution >= 0.6 is 0 Å². The van der Waals surface area contributed by atoms with Gasteiger partial charge < -0.3 is 9.26 Å². The van der Waals surface area contributed by atoms with Crippen LogP contribution in [0.15, 0.2) is 33.9 Å². The Morgan fingerprint density at radius 2 is 2.21 bits per heavy atom. The summed E-state index contributed by atoms with van der Waals surface area (Å²) in [6.45, 7) is 8.54. The van der Waals surface area contributed by atoms with Crippen molar-refractivity contribution in [3.63, 3.8) is 0 Å². The van der Waals surface area contributed by atoms with Crippen molar-refractivity contribution in [2.75, 3.05) is 6.61 Å². The van der Waals surface area contributed by atoms with Gasteiger partial charge in [-0.1, -0.05) is 38.1 Å². The molecule has 0 spiro atoms. The van der Waals surface area contributed by atoms with E-state index in [1.54, 1.807) is 19.1 Å². The van der Waals surface area contributed by atoms with Crippen molar-refractivity contribution in [3.8, 4) is 17.1 Å². The second-order valence-electron chi connectivity index (χ2n) is 8.54. The molecule has 1 aromatic carbocycles. The highest BCUT2D eigenvalue weighted by atomic mass is 16.5. The van der Waals surface area contributed by atoms with Gasteiger partial charge >= 0.3 is 0 Å². The standard InChI is InChI=1S/C21H26N4O3/c1-13-22-19(25-28-13)14-6-5-7-16(10-14)27-12-18(26)24-23-17-11-15-8-9-21(17,4)20(15,2)3/h5-7,10,15H,8-9,11-12H2,1-4H3,(H,24,26). The van der Waals surface area contributed by atoms with Gasteiger partial charge in [-0.25, -0.2) is 5.43 Å². The number of nitrogens with zero attached hydrogens (tertiary/aromatic N) is 3. The average Bonchev–Trinajstić information content (AvgIpc) is 3.26. The lowest BCUT2D eigenvalue weighted by Gasteiger charge is -2.34. The van der Waals surface area contributed by atoms with Crippen LogP contribution in [0.4, 0.5) is 0 Å². The topological polar surface area (TPSA) is 89.6 Å². The molecule has 0 saturated heterocycles. The van der Waals surface area contributed by atoms with Crippen LogP contribution in [0.25, 0.3) is 11.4 Å². The number of hydrogen-bond acceptors (Lipinski definition) is 6. The van der Waals surface area contributed by atoms with E-state index in [0.29, 0.717) is 23.4 Å². The molecule has 1 amide bonds. The molecule has 1 heterocycles. The Bertz CT molecular complexity index is 933. The number of amides is 1. The van der Waals surface area contributed by atoms with Crippen molar-refractivity contribution in [2.24, 2.45) is 21.8 Å². The number of aryl methyl sites for hydroxylation is 1. The van der Waals surface area contributed by atoms with Crippen LogP contribution in [0.1, 0.15) is 45.9 Å². The van der Waals surface area contributed by atoms with Gasteiger partial charge in [0.1, 0.15) is 5.75 Å². The first kappa shape index (κ1) is 18.7. The molecule has 2 fully saturated rings. The summed E-state index contributed by atoms with van der Waals surface area (Å²) in [5, 5.41) is 8.35. The number of hydrogen-bond donors (Lipinski definition) is 1. The van der Waals surface area contributed by atoms with Crippen LogP contribution in [-0.4, -0.2) is 28.4 Å². The van der Waals surface area contributed by atoms with Crippen LogP contribution in [0, 0.1) is 23.7 Å². The summed E-state index contributed by atoms with van der Waals surface area (Å²) in [6, 6.07) is 7.26. The minimum atomic E-state index is -0.266. The molecular formula is C21H26N4O3. The fourth-order valence-electron chi connectivity index (χ4n) is 4.55. The Labute approximate surface area is 164 Å². The first-order valence-corrected chi connectivity index (χ1v) is 9.69. The van der Waals surface area contributed by atoms with Gasteiger partial charge in [-0.3, -0.25) is 4.79 Å². The maximum atomic E-state index is 12.2. The van der Waals surface area contributed by atoms with Gasteiger partial charge in [-0.15, -0.1) is 0 Å². The van der Waals surface area contributed by atoms with Crippen LogP contribution in [-0.2, 0) is 4.79 Å². The van der Waals surface area contributed by atoms with Crippen molar-refractivity contribution in [2.45, 2.75) is 47.0 Å². The molecule has 2 saturated carbocycles. The Morgan fingerprint density at radius 3 is 2.86 bits per heavy atom.